The van der Waals surface area contributed by atoms with Crippen LogP contribution in [0.4, 0.5) is 0 Å². The lowest BCUT2D eigenvalue weighted by atomic mass is 10.0. The number of benzene rings is 3. The zero-order valence-electron chi connectivity index (χ0n) is 18.1. The average Bonchev–Trinajstić information content (AvgIpc) is 2.82. The second kappa shape index (κ2) is 9.81. The summed E-state index contributed by atoms with van der Waals surface area (Å²) in [5.41, 5.74) is 1.04. The highest BCUT2D eigenvalue weighted by atomic mass is 32.2. The number of nitrogens with one attached hydrogen (secondary N) is 1. The average molecular weight is 466 g/mol. The molecule has 2 N–H and O–H groups in total. The van der Waals surface area contributed by atoms with Crippen molar-refractivity contribution in [2.24, 2.45) is 0 Å². The fourth-order valence-corrected chi connectivity index (χ4v) is 4.55. The monoisotopic (exact) mass is 465 g/mol. The van der Waals surface area contributed by atoms with Gasteiger partial charge in [0, 0.05) is 7.05 Å². The van der Waals surface area contributed by atoms with E-state index in [1.54, 1.807) is 42.5 Å². The van der Waals surface area contributed by atoms with Crippen molar-refractivity contribution in [1.29, 1.82) is 5.26 Å². The van der Waals surface area contributed by atoms with Crippen molar-refractivity contribution in [2.45, 2.75) is 30.3 Å². The molecule has 3 rings (SSSR count). The molecule has 0 heterocycles. The molecule has 9 heteroatoms. The van der Waals surface area contributed by atoms with E-state index >= 15 is 0 Å². The minimum atomic E-state index is -4.11. The van der Waals surface area contributed by atoms with Crippen molar-refractivity contribution in [1.82, 2.24) is 9.62 Å². The Morgan fingerprint density at radius 1 is 1.06 bits per heavy atom. The maximum Gasteiger partial charge on any atom is 0.326 e. The van der Waals surface area contributed by atoms with Crippen molar-refractivity contribution in [3.63, 3.8) is 0 Å². The molecule has 3 aromatic carbocycles. The number of aliphatic carboxylic acids is 1. The van der Waals surface area contributed by atoms with Gasteiger partial charge in [0.05, 0.1) is 16.5 Å². The second-order valence-electron chi connectivity index (χ2n) is 7.66. The van der Waals surface area contributed by atoms with Crippen LogP contribution in [0.1, 0.15) is 18.1 Å². The minimum absolute atomic E-state index is 0.00670. The molecule has 0 aliphatic carbocycles. The number of rotatable bonds is 8. The number of likely N-dealkylation sites (N-methyl/N-ethyl adjacent to an activating group) is 1. The zero-order chi connectivity index (χ0) is 24.2. The van der Waals surface area contributed by atoms with Crippen LogP contribution in [0.3, 0.4) is 0 Å². The SMILES string of the molecule is C[C@H](C(=O)O)N(C)C(=O)[C@H](Cc1ccc(C#N)cc1)NS(=O)(=O)c1ccc2ccccc2c1. The van der Waals surface area contributed by atoms with Gasteiger partial charge in [-0.15, -0.1) is 0 Å². The third kappa shape index (κ3) is 5.55. The molecule has 0 unspecified atom stereocenters. The Bertz CT molecular complexity index is 1330. The summed E-state index contributed by atoms with van der Waals surface area (Å²) in [6.45, 7) is 1.34. The molecule has 0 radical (unpaired) electrons. The number of carbonyl (C=O) groups excluding carboxylic acids is 1. The summed E-state index contributed by atoms with van der Waals surface area (Å²) in [6, 6.07) is 17.9. The van der Waals surface area contributed by atoms with Gasteiger partial charge in [0.1, 0.15) is 12.1 Å². The maximum atomic E-state index is 13.2. The standard InChI is InChI=1S/C24H23N3O5S/c1-16(24(29)30)27(2)23(28)22(13-17-7-9-18(15-25)10-8-17)26-33(31,32)21-12-11-19-5-3-4-6-20(19)14-21/h3-12,14,16,22,26H,13H2,1-2H3,(H,29,30)/t16-,22+/m1/s1. The second-order valence-corrected chi connectivity index (χ2v) is 9.37. The highest BCUT2D eigenvalue weighted by Crippen LogP contribution is 2.20. The molecule has 0 saturated carbocycles. The van der Waals surface area contributed by atoms with E-state index in [2.05, 4.69) is 4.72 Å². The smallest absolute Gasteiger partial charge is 0.326 e. The van der Waals surface area contributed by atoms with Gasteiger partial charge >= 0.3 is 5.97 Å². The number of hydrogen-bond acceptors (Lipinski definition) is 5. The molecule has 33 heavy (non-hydrogen) atoms. The van der Waals surface area contributed by atoms with E-state index in [0.29, 0.717) is 11.1 Å². The number of carboxylic acid groups (broad SMARTS) is 1. The van der Waals surface area contributed by atoms with E-state index in [0.717, 1.165) is 15.7 Å². The Kier molecular flexibility index (Phi) is 7.11. The number of nitrogens with zero attached hydrogens (tertiary/aromatic N) is 2. The van der Waals surface area contributed by atoms with Gasteiger partial charge in [0.15, 0.2) is 0 Å². The lowest BCUT2D eigenvalue weighted by Gasteiger charge is -2.27. The van der Waals surface area contributed by atoms with Crippen molar-refractivity contribution in [3.8, 4) is 6.07 Å². The first kappa shape index (κ1) is 23.9. The Morgan fingerprint density at radius 3 is 2.30 bits per heavy atom. The molecule has 0 aliphatic rings. The van der Waals surface area contributed by atoms with Crippen LogP contribution in [0.25, 0.3) is 10.8 Å². The van der Waals surface area contributed by atoms with Crippen molar-refractivity contribution < 1.29 is 23.1 Å². The zero-order valence-corrected chi connectivity index (χ0v) is 18.9. The summed E-state index contributed by atoms with van der Waals surface area (Å²) in [4.78, 5) is 25.5. The van der Waals surface area contributed by atoms with Crippen LogP contribution in [0, 0.1) is 11.3 Å². The van der Waals surface area contributed by atoms with Crippen LogP contribution >= 0.6 is 0 Å². The van der Waals surface area contributed by atoms with Gasteiger partial charge in [-0.25, -0.2) is 13.2 Å². The van der Waals surface area contributed by atoms with E-state index < -0.39 is 34.0 Å². The lowest BCUT2D eigenvalue weighted by Crippen LogP contribution is -2.52. The van der Waals surface area contributed by atoms with Gasteiger partial charge in [0.2, 0.25) is 15.9 Å². The summed E-state index contributed by atoms with van der Waals surface area (Å²) in [7, 11) is -2.79. The Balaban J connectivity index is 1.94. The summed E-state index contributed by atoms with van der Waals surface area (Å²) in [5, 5.41) is 19.9. The molecule has 1 amide bonds. The van der Waals surface area contributed by atoms with E-state index in [1.807, 2.05) is 18.2 Å². The molecule has 2 atom stereocenters. The largest absolute Gasteiger partial charge is 0.480 e. The highest BCUT2D eigenvalue weighted by Gasteiger charge is 2.32. The first-order valence-electron chi connectivity index (χ1n) is 10.1. The predicted octanol–water partition coefficient (Wildman–Crippen LogP) is 2.53. The van der Waals surface area contributed by atoms with E-state index in [1.165, 1.54) is 26.1 Å². The summed E-state index contributed by atoms with van der Waals surface area (Å²) < 4.78 is 28.8. The van der Waals surface area contributed by atoms with Gasteiger partial charge in [-0.2, -0.15) is 9.98 Å². The third-order valence-electron chi connectivity index (χ3n) is 5.44. The summed E-state index contributed by atoms with van der Waals surface area (Å²) >= 11 is 0. The molecule has 0 spiro atoms. The molecule has 0 aliphatic heterocycles. The van der Waals surface area contributed by atoms with Crippen LogP contribution in [-0.4, -0.2) is 49.4 Å². The third-order valence-corrected chi connectivity index (χ3v) is 6.90. The van der Waals surface area contributed by atoms with Gasteiger partial charge in [0.25, 0.3) is 0 Å². The number of sulfonamides is 1. The highest BCUT2D eigenvalue weighted by molar-refractivity contribution is 7.89. The molecule has 0 bridgehead atoms. The molecular weight excluding hydrogens is 442 g/mol. The van der Waals surface area contributed by atoms with Crippen molar-refractivity contribution in [2.75, 3.05) is 7.05 Å². The number of carbonyl (C=O) groups is 2. The Morgan fingerprint density at radius 2 is 1.70 bits per heavy atom. The number of hydrogen-bond donors (Lipinski definition) is 2. The van der Waals surface area contributed by atoms with Gasteiger partial charge in [-0.05, 0) is 53.9 Å². The van der Waals surface area contributed by atoms with Crippen LogP contribution < -0.4 is 4.72 Å². The topological polar surface area (TPSA) is 128 Å². The fourth-order valence-electron chi connectivity index (χ4n) is 3.32. The van der Waals surface area contributed by atoms with Gasteiger partial charge < -0.3 is 10.0 Å². The number of nitriles is 1. The normalized spacial score (nSPS) is 13.1. The first-order valence-corrected chi connectivity index (χ1v) is 11.6. The fraction of sp³-hybridized carbons (Fsp3) is 0.208. The van der Waals surface area contributed by atoms with Gasteiger partial charge in [-0.1, -0.05) is 42.5 Å². The molecule has 0 aromatic heterocycles. The molecule has 170 valence electrons. The molecular formula is C24H23N3O5S. The number of amides is 1. The molecule has 8 nitrogen and oxygen atoms in total. The number of fused-ring (bicyclic) bond motifs is 1. The number of carboxylic acids is 1. The van der Waals surface area contributed by atoms with Crippen molar-refractivity contribution in [3.05, 3.63) is 77.9 Å². The summed E-state index contributed by atoms with van der Waals surface area (Å²) in [6.07, 6.45) is -0.0198. The maximum absolute atomic E-state index is 13.2. The van der Waals surface area contributed by atoms with Gasteiger partial charge in [-0.3, -0.25) is 4.79 Å². The Hall–Kier alpha value is -3.74. The van der Waals surface area contributed by atoms with E-state index in [4.69, 9.17) is 5.26 Å². The van der Waals surface area contributed by atoms with E-state index in [9.17, 15) is 23.1 Å². The Labute approximate surface area is 192 Å². The van der Waals surface area contributed by atoms with Crippen molar-refractivity contribution >= 4 is 32.7 Å². The molecule has 0 saturated heterocycles. The van der Waals surface area contributed by atoms with Crippen LogP contribution in [0.5, 0.6) is 0 Å². The first-order chi connectivity index (χ1) is 15.6. The van der Waals surface area contributed by atoms with Crippen LogP contribution in [0.15, 0.2) is 71.6 Å². The lowest BCUT2D eigenvalue weighted by molar-refractivity contribution is -0.148. The van der Waals surface area contributed by atoms with E-state index in [-0.39, 0.29) is 11.3 Å². The predicted molar refractivity (Wildman–Crippen MR) is 123 cm³/mol. The molecule has 0 fully saturated rings. The van der Waals surface area contributed by atoms with Crippen LogP contribution in [0.2, 0.25) is 0 Å². The minimum Gasteiger partial charge on any atom is -0.480 e. The quantitative estimate of drug-likeness (QED) is 0.526. The van der Waals surface area contributed by atoms with Crippen LogP contribution in [-0.2, 0) is 26.0 Å². The summed E-state index contributed by atoms with van der Waals surface area (Å²) in [5.74, 6) is -1.89. The molecule has 3 aromatic rings.